The van der Waals surface area contributed by atoms with Crippen LogP contribution in [0, 0.1) is 5.92 Å². The van der Waals surface area contributed by atoms with E-state index in [-0.39, 0.29) is 5.91 Å². The SMILES string of the molecule is CCCC(C)N(C)Cc1cc(NC(=O)CC2CCN(c3ncc(-c4ccc(Cl)cc4)cn3)CC2)ccc1C=O. The summed E-state index contributed by atoms with van der Waals surface area (Å²) in [5, 5.41) is 3.76. The van der Waals surface area contributed by atoms with Crippen molar-refractivity contribution in [1.82, 2.24) is 14.9 Å². The fraction of sp³-hybridized carbons (Fsp3) is 0.419. The number of anilines is 2. The molecule has 206 valence electrons. The molecule has 0 radical (unpaired) electrons. The van der Waals surface area contributed by atoms with Crippen molar-refractivity contribution in [2.24, 2.45) is 5.92 Å². The Morgan fingerprint density at radius 1 is 1.13 bits per heavy atom. The number of carbonyl (C=O) groups excluding carboxylic acids is 2. The fourth-order valence-corrected chi connectivity index (χ4v) is 5.21. The molecule has 39 heavy (non-hydrogen) atoms. The van der Waals surface area contributed by atoms with E-state index in [4.69, 9.17) is 11.6 Å². The fourth-order valence-electron chi connectivity index (χ4n) is 5.09. The number of nitrogens with zero attached hydrogens (tertiary/aromatic N) is 4. The van der Waals surface area contributed by atoms with Gasteiger partial charge < -0.3 is 10.2 Å². The van der Waals surface area contributed by atoms with Gasteiger partial charge in [0, 0.05) is 66.3 Å². The molecule has 1 atom stereocenters. The van der Waals surface area contributed by atoms with Crippen molar-refractivity contribution >= 4 is 35.4 Å². The molecule has 1 saturated heterocycles. The Balaban J connectivity index is 1.28. The summed E-state index contributed by atoms with van der Waals surface area (Å²) in [6.07, 6.45) is 9.09. The van der Waals surface area contributed by atoms with Crippen LogP contribution in [0.25, 0.3) is 11.1 Å². The Kier molecular flexibility index (Phi) is 10.1. The van der Waals surface area contributed by atoms with Crippen LogP contribution in [0.1, 0.15) is 61.9 Å². The average molecular weight is 548 g/mol. The molecule has 0 saturated carbocycles. The zero-order chi connectivity index (χ0) is 27.8. The van der Waals surface area contributed by atoms with Crippen molar-refractivity contribution in [3.8, 4) is 11.1 Å². The van der Waals surface area contributed by atoms with Gasteiger partial charge in [0.1, 0.15) is 6.29 Å². The number of aromatic nitrogens is 2. The number of benzene rings is 2. The highest BCUT2D eigenvalue weighted by Crippen LogP contribution is 2.26. The first-order valence-corrected chi connectivity index (χ1v) is 14.1. The van der Waals surface area contributed by atoms with E-state index in [0.29, 0.717) is 35.5 Å². The lowest BCUT2D eigenvalue weighted by molar-refractivity contribution is -0.117. The van der Waals surface area contributed by atoms with E-state index in [9.17, 15) is 9.59 Å². The van der Waals surface area contributed by atoms with Crippen molar-refractivity contribution in [3.63, 3.8) is 0 Å². The van der Waals surface area contributed by atoms with Crippen LogP contribution in [0.2, 0.25) is 5.02 Å². The minimum atomic E-state index is 0.00882. The first-order valence-electron chi connectivity index (χ1n) is 13.8. The lowest BCUT2D eigenvalue weighted by Crippen LogP contribution is -2.36. The van der Waals surface area contributed by atoms with Gasteiger partial charge in [0.2, 0.25) is 11.9 Å². The molecule has 0 spiro atoms. The van der Waals surface area contributed by atoms with E-state index in [1.54, 1.807) is 6.07 Å². The van der Waals surface area contributed by atoms with Crippen LogP contribution < -0.4 is 10.2 Å². The summed E-state index contributed by atoms with van der Waals surface area (Å²) >= 11 is 5.99. The molecule has 1 aliphatic rings. The minimum Gasteiger partial charge on any atom is -0.341 e. The third-order valence-electron chi connectivity index (χ3n) is 7.62. The first-order chi connectivity index (χ1) is 18.9. The lowest BCUT2D eigenvalue weighted by atomic mass is 9.93. The van der Waals surface area contributed by atoms with Crippen molar-refractivity contribution < 1.29 is 9.59 Å². The molecule has 0 bridgehead atoms. The maximum absolute atomic E-state index is 12.9. The van der Waals surface area contributed by atoms with Crippen LogP contribution in [0.3, 0.4) is 0 Å². The van der Waals surface area contributed by atoms with Crippen molar-refractivity contribution in [3.05, 3.63) is 71.0 Å². The number of hydrogen-bond acceptors (Lipinski definition) is 6. The molecule has 2 aromatic carbocycles. The molecule has 1 amide bonds. The largest absolute Gasteiger partial charge is 0.341 e. The smallest absolute Gasteiger partial charge is 0.225 e. The van der Waals surface area contributed by atoms with E-state index in [1.807, 2.05) is 48.8 Å². The van der Waals surface area contributed by atoms with Crippen LogP contribution in [-0.2, 0) is 11.3 Å². The number of hydrogen-bond donors (Lipinski definition) is 1. The van der Waals surface area contributed by atoms with E-state index < -0.39 is 0 Å². The zero-order valence-electron chi connectivity index (χ0n) is 23.1. The Morgan fingerprint density at radius 2 is 1.82 bits per heavy atom. The number of halogens is 1. The standard InChI is InChI=1S/C31H38ClN5O2/c1-4-5-22(2)36(3)20-26-17-29(11-8-25(26)21-38)35-30(39)16-23-12-14-37(15-13-23)31-33-18-27(19-34-31)24-6-9-28(32)10-7-24/h6-11,17-19,21-23H,4-5,12-16,20H2,1-3H3,(H,35,39). The molecule has 1 unspecified atom stereocenters. The molecule has 7 nitrogen and oxygen atoms in total. The molecule has 4 rings (SSSR count). The molecule has 1 aliphatic heterocycles. The number of piperidine rings is 1. The second kappa shape index (κ2) is 13.7. The monoisotopic (exact) mass is 547 g/mol. The number of aldehydes is 1. The van der Waals surface area contributed by atoms with Gasteiger partial charge in [-0.25, -0.2) is 9.97 Å². The molecule has 2 heterocycles. The average Bonchev–Trinajstić information content (AvgIpc) is 2.94. The topological polar surface area (TPSA) is 78.4 Å². The highest BCUT2D eigenvalue weighted by molar-refractivity contribution is 6.30. The summed E-state index contributed by atoms with van der Waals surface area (Å²) in [6.45, 7) is 6.68. The van der Waals surface area contributed by atoms with E-state index in [2.05, 4.69) is 46.0 Å². The van der Waals surface area contributed by atoms with E-state index in [1.165, 1.54) is 0 Å². The van der Waals surface area contributed by atoms with E-state index >= 15 is 0 Å². The summed E-state index contributed by atoms with van der Waals surface area (Å²) < 4.78 is 0. The molecule has 8 heteroatoms. The van der Waals surface area contributed by atoms with Crippen LogP contribution in [-0.4, -0.2) is 53.2 Å². The van der Waals surface area contributed by atoms with Crippen molar-refractivity contribution in [2.75, 3.05) is 30.4 Å². The maximum Gasteiger partial charge on any atom is 0.225 e. The van der Waals surface area contributed by atoms with Gasteiger partial charge in [-0.3, -0.25) is 14.5 Å². The van der Waals surface area contributed by atoms with Gasteiger partial charge in [0.25, 0.3) is 0 Å². The second-order valence-corrected chi connectivity index (χ2v) is 11.0. The Bertz CT molecular complexity index is 1240. The molecule has 1 N–H and O–H groups in total. The lowest BCUT2D eigenvalue weighted by Gasteiger charge is -2.31. The third-order valence-corrected chi connectivity index (χ3v) is 7.87. The van der Waals surface area contributed by atoms with Gasteiger partial charge in [-0.1, -0.05) is 37.1 Å². The van der Waals surface area contributed by atoms with Gasteiger partial charge in [-0.15, -0.1) is 0 Å². The van der Waals surface area contributed by atoms with Crippen LogP contribution in [0.4, 0.5) is 11.6 Å². The number of rotatable bonds is 11. The molecule has 1 fully saturated rings. The summed E-state index contributed by atoms with van der Waals surface area (Å²) in [6, 6.07) is 13.6. The van der Waals surface area contributed by atoms with Crippen molar-refractivity contribution in [1.29, 1.82) is 0 Å². The van der Waals surface area contributed by atoms with E-state index in [0.717, 1.165) is 73.4 Å². The summed E-state index contributed by atoms with van der Waals surface area (Å²) in [5.41, 5.74) is 4.32. The maximum atomic E-state index is 12.9. The minimum absolute atomic E-state index is 0.00882. The molecule has 1 aromatic heterocycles. The highest BCUT2D eigenvalue weighted by atomic mass is 35.5. The Hall–Kier alpha value is -3.29. The second-order valence-electron chi connectivity index (χ2n) is 10.5. The summed E-state index contributed by atoms with van der Waals surface area (Å²) in [4.78, 5) is 38.1. The normalized spacial score (nSPS) is 14.8. The summed E-state index contributed by atoms with van der Waals surface area (Å²) in [5.74, 6) is 1.04. The first kappa shape index (κ1) is 28.7. The van der Waals surface area contributed by atoms with Gasteiger partial charge in [0.05, 0.1) is 0 Å². The predicted molar refractivity (Wildman–Crippen MR) is 158 cm³/mol. The number of carbonyl (C=O) groups is 2. The summed E-state index contributed by atoms with van der Waals surface area (Å²) in [7, 11) is 2.07. The van der Waals surface area contributed by atoms with Gasteiger partial charge in [-0.05, 0) is 80.6 Å². The van der Waals surface area contributed by atoms with Crippen LogP contribution in [0.5, 0.6) is 0 Å². The Morgan fingerprint density at radius 3 is 2.46 bits per heavy atom. The highest BCUT2D eigenvalue weighted by Gasteiger charge is 2.23. The van der Waals surface area contributed by atoms with Crippen LogP contribution >= 0.6 is 11.6 Å². The van der Waals surface area contributed by atoms with Gasteiger partial charge in [-0.2, -0.15) is 0 Å². The molecule has 3 aromatic rings. The molecular weight excluding hydrogens is 510 g/mol. The number of nitrogens with one attached hydrogen (secondary N) is 1. The quantitative estimate of drug-likeness (QED) is 0.277. The van der Waals surface area contributed by atoms with Gasteiger partial charge >= 0.3 is 0 Å². The van der Waals surface area contributed by atoms with Crippen LogP contribution in [0.15, 0.2) is 54.9 Å². The zero-order valence-corrected chi connectivity index (χ0v) is 23.8. The Labute approximate surface area is 236 Å². The molecular formula is C31H38ClN5O2. The van der Waals surface area contributed by atoms with Crippen molar-refractivity contribution in [2.45, 2.75) is 58.5 Å². The predicted octanol–water partition coefficient (Wildman–Crippen LogP) is 6.48. The van der Waals surface area contributed by atoms with Gasteiger partial charge in [0.15, 0.2) is 0 Å². The molecule has 0 aliphatic carbocycles. The number of amides is 1. The third kappa shape index (κ3) is 7.87.